The van der Waals surface area contributed by atoms with Crippen LogP contribution < -0.4 is 9.47 Å². The molecule has 1 aliphatic carbocycles. The molecule has 4 rings (SSSR count). The highest BCUT2D eigenvalue weighted by Gasteiger charge is 2.45. The molecule has 250 valence electrons. The predicted octanol–water partition coefficient (Wildman–Crippen LogP) is 8.20. The van der Waals surface area contributed by atoms with Crippen molar-refractivity contribution >= 4 is 11.9 Å². The first-order valence-corrected chi connectivity index (χ1v) is 16.5. The van der Waals surface area contributed by atoms with Gasteiger partial charge in [-0.3, -0.25) is 0 Å². The van der Waals surface area contributed by atoms with E-state index in [0.717, 1.165) is 88.7 Å². The van der Waals surface area contributed by atoms with Gasteiger partial charge in [-0.2, -0.15) is 0 Å². The maximum Gasteiger partial charge on any atom is 0.343 e. The molecule has 1 spiro atoms. The van der Waals surface area contributed by atoms with Crippen LogP contribution in [0.1, 0.15) is 98.9 Å². The molecular formula is C37H47FO8. The molecule has 2 fully saturated rings. The summed E-state index contributed by atoms with van der Waals surface area (Å²) in [6.45, 7) is 9.00. The standard InChI is InChI=1S/C37H47FO8/c1-3-23-44-46-34-12-8-7-11-26-43-37(34)21-19-28(20-22-37)30-15-18-33(32(38)27-30)45-36(40)29-13-16-31(17-14-29)41-24-9-5-6-10-25-42-35(39)4-2/h3-4,13-18,27-28,34H,1-2,5-12,19-26H2. The molecule has 2 aliphatic rings. The van der Waals surface area contributed by atoms with E-state index in [4.69, 9.17) is 28.7 Å². The number of ether oxygens (including phenoxy) is 4. The SMILES string of the molecule is C=CCOOC1CCCCCOC12CCC(c1ccc(OC(=O)c3ccc(OCCCCCCOC(=O)C=C)cc3)c(F)c1)CC2. The van der Waals surface area contributed by atoms with Gasteiger partial charge in [0, 0.05) is 12.7 Å². The van der Waals surface area contributed by atoms with Crippen molar-refractivity contribution in [3.8, 4) is 11.5 Å². The van der Waals surface area contributed by atoms with Crippen LogP contribution in [0.2, 0.25) is 0 Å². The summed E-state index contributed by atoms with van der Waals surface area (Å²) in [5.74, 6) is -0.903. The van der Waals surface area contributed by atoms with E-state index >= 15 is 4.39 Å². The Bertz CT molecular complexity index is 1270. The number of carbonyl (C=O) groups excluding carboxylic acids is 2. The van der Waals surface area contributed by atoms with E-state index in [2.05, 4.69) is 13.2 Å². The molecule has 2 aromatic rings. The van der Waals surface area contributed by atoms with Crippen LogP contribution in [0.25, 0.3) is 0 Å². The first-order valence-electron chi connectivity index (χ1n) is 16.5. The molecule has 1 saturated carbocycles. The summed E-state index contributed by atoms with van der Waals surface area (Å²) in [4.78, 5) is 35.0. The fourth-order valence-corrected chi connectivity index (χ4v) is 6.13. The number of halogens is 1. The van der Waals surface area contributed by atoms with E-state index in [0.29, 0.717) is 37.7 Å². The van der Waals surface area contributed by atoms with Gasteiger partial charge in [0.05, 0.1) is 24.4 Å². The normalized spacial score (nSPS) is 21.5. The van der Waals surface area contributed by atoms with E-state index in [1.807, 2.05) is 6.07 Å². The molecule has 1 heterocycles. The molecule has 1 atom stereocenters. The summed E-state index contributed by atoms with van der Waals surface area (Å²) >= 11 is 0. The second-order valence-electron chi connectivity index (χ2n) is 11.9. The van der Waals surface area contributed by atoms with Gasteiger partial charge >= 0.3 is 11.9 Å². The lowest BCUT2D eigenvalue weighted by atomic mass is 9.72. The van der Waals surface area contributed by atoms with Crippen LogP contribution in [-0.4, -0.2) is 50.1 Å². The fourth-order valence-electron chi connectivity index (χ4n) is 6.13. The minimum Gasteiger partial charge on any atom is -0.494 e. The zero-order valence-electron chi connectivity index (χ0n) is 26.7. The number of hydrogen-bond acceptors (Lipinski definition) is 8. The van der Waals surface area contributed by atoms with E-state index in [-0.39, 0.29) is 17.8 Å². The molecule has 0 bridgehead atoms. The first kappa shape index (κ1) is 35.3. The molecule has 1 unspecified atom stereocenters. The lowest BCUT2D eigenvalue weighted by Crippen LogP contribution is -2.49. The smallest absolute Gasteiger partial charge is 0.343 e. The van der Waals surface area contributed by atoms with Crippen LogP contribution in [0.3, 0.4) is 0 Å². The van der Waals surface area contributed by atoms with Crippen LogP contribution in [0.15, 0.2) is 67.8 Å². The Morgan fingerprint density at radius 3 is 2.41 bits per heavy atom. The third kappa shape index (κ3) is 10.5. The van der Waals surface area contributed by atoms with Gasteiger partial charge < -0.3 is 18.9 Å². The molecule has 0 N–H and O–H groups in total. The fraction of sp³-hybridized carbons (Fsp3) is 0.514. The van der Waals surface area contributed by atoms with Crippen molar-refractivity contribution < 1.29 is 42.7 Å². The van der Waals surface area contributed by atoms with Gasteiger partial charge in [-0.05, 0) is 112 Å². The monoisotopic (exact) mass is 638 g/mol. The van der Waals surface area contributed by atoms with Gasteiger partial charge in [-0.1, -0.05) is 31.6 Å². The number of hydrogen-bond donors (Lipinski definition) is 0. The molecule has 1 aliphatic heterocycles. The van der Waals surface area contributed by atoms with Gasteiger partial charge in [-0.25, -0.2) is 23.8 Å². The van der Waals surface area contributed by atoms with Crippen LogP contribution in [0.4, 0.5) is 4.39 Å². The maximum absolute atomic E-state index is 15.2. The third-order valence-corrected chi connectivity index (χ3v) is 8.73. The van der Waals surface area contributed by atoms with Crippen molar-refractivity contribution in [1.82, 2.24) is 0 Å². The summed E-state index contributed by atoms with van der Waals surface area (Å²) in [7, 11) is 0. The molecule has 9 heteroatoms. The Hall–Kier alpha value is -3.53. The van der Waals surface area contributed by atoms with E-state index < -0.39 is 23.4 Å². The highest BCUT2D eigenvalue weighted by atomic mass is 19.1. The highest BCUT2D eigenvalue weighted by Crippen LogP contribution is 2.45. The zero-order valence-corrected chi connectivity index (χ0v) is 26.7. The third-order valence-electron chi connectivity index (χ3n) is 8.73. The van der Waals surface area contributed by atoms with E-state index in [1.165, 1.54) is 12.1 Å². The predicted molar refractivity (Wildman–Crippen MR) is 172 cm³/mol. The Labute approximate surface area is 271 Å². The summed E-state index contributed by atoms with van der Waals surface area (Å²) < 4.78 is 37.7. The molecule has 8 nitrogen and oxygen atoms in total. The molecular weight excluding hydrogens is 591 g/mol. The van der Waals surface area contributed by atoms with Crippen LogP contribution in [0, 0.1) is 5.82 Å². The minimum atomic E-state index is -0.638. The topological polar surface area (TPSA) is 89.5 Å². The Kier molecular flexibility index (Phi) is 14.3. The van der Waals surface area contributed by atoms with Gasteiger partial charge in [0.1, 0.15) is 18.5 Å². The van der Waals surface area contributed by atoms with Crippen molar-refractivity contribution in [2.24, 2.45) is 0 Å². The number of rotatable bonds is 16. The summed E-state index contributed by atoms with van der Waals surface area (Å²) in [5.41, 5.74) is 0.781. The molecule has 0 radical (unpaired) electrons. The number of benzene rings is 2. The average molecular weight is 639 g/mol. The van der Waals surface area contributed by atoms with Crippen molar-refractivity contribution in [2.45, 2.75) is 94.7 Å². The largest absolute Gasteiger partial charge is 0.494 e. The van der Waals surface area contributed by atoms with Crippen molar-refractivity contribution in [3.63, 3.8) is 0 Å². The second-order valence-corrected chi connectivity index (χ2v) is 11.9. The minimum absolute atomic E-state index is 0.100. The molecule has 0 aromatic heterocycles. The van der Waals surface area contributed by atoms with Gasteiger partial charge in [0.2, 0.25) is 0 Å². The van der Waals surface area contributed by atoms with Crippen LogP contribution in [0.5, 0.6) is 11.5 Å². The summed E-state index contributed by atoms with van der Waals surface area (Å²) in [5, 5.41) is 0. The lowest BCUT2D eigenvalue weighted by Gasteiger charge is -2.45. The quantitative estimate of drug-likeness (QED) is 0.0346. The Morgan fingerprint density at radius 1 is 0.935 bits per heavy atom. The zero-order chi connectivity index (χ0) is 32.6. The van der Waals surface area contributed by atoms with E-state index in [1.54, 1.807) is 30.3 Å². The summed E-state index contributed by atoms with van der Waals surface area (Å²) in [6, 6.07) is 11.5. The molecule has 0 amide bonds. The number of esters is 2. The summed E-state index contributed by atoms with van der Waals surface area (Å²) in [6.07, 6.45) is 13.5. The van der Waals surface area contributed by atoms with Gasteiger partial charge in [-0.15, -0.1) is 6.58 Å². The Balaban J connectivity index is 1.23. The van der Waals surface area contributed by atoms with Crippen molar-refractivity contribution in [3.05, 3.63) is 84.7 Å². The molecule has 46 heavy (non-hydrogen) atoms. The van der Waals surface area contributed by atoms with E-state index in [9.17, 15) is 9.59 Å². The molecule has 1 saturated heterocycles. The first-order chi connectivity index (χ1) is 22.4. The van der Waals surface area contributed by atoms with Crippen LogP contribution >= 0.6 is 0 Å². The average Bonchev–Trinajstić information content (AvgIpc) is 3.07. The lowest BCUT2D eigenvalue weighted by molar-refractivity contribution is -0.356. The Morgan fingerprint density at radius 2 is 1.70 bits per heavy atom. The van der Waals surface area contributed by atoms with Crippen molar-refractivity contribution in [2.75, 3.05) is 26.4 Å². The maximum atomic E-state index is 15.2. The number of carbonyl (C=O) groups is 2. The second kappa shape index (κ2) is 18.6. The molecule has 2 aromatic carbocycles. The number of unbranched alkanes of at least 4 members (excludes halogenated alkanes) is 3. The van der Waals surface area contributed by atoms with Crippen LogP contribution in [-0.2, 0) is 24.0 Å². The highest BCUT2D eigenvalue weighted by molar-refractivity contribution is 5.91. The van der Waals surface area contributed by atoms with Gasteiger partial charge in [0.15, 0.2) is 11.6 Å². The van der Waals surface area contributed by atoms with Gasteiger partial charge in [0.25, 0.3) is 0 Å². The van der Waals surface area contributed by atoms with Crippen molar-refractivity contribution in [1.29, 1.82) is 0 Å².